The maximum absolute atomic E-state index is 5.56. The van der Waals surface area contributed by atoms with E-state index in [9.17, 15) is 0 Å². The monoisotopic (exact) mass is 181 g/mol. The average molecular weight is 181 g/mol. The molecule has 0 amide bonds. The normalized spacial score (nSPS) is 11.1. The molecule has 1 atom stereocenters. The van der Waals surface area contributed by atoms with Crippen LogP contribution in [-0.2, 0) is 0 Å². The molecule has 1 aromatic rings. The van der Waals surface area contributed by atoms with Crippen molar-refractivity contribution in [1.29, 1.82) is 0 Å². The Bertz CT molecular complexity index is 199. The van der Waals surface area contributed by atoms with Crippen molar-refractivity contribution in [2.24, 2.45) is 5.73 Å². The van der Waals surface area contributed by atoms with Gasteiger partial charge >= 0.3 is 0 Å². The Morgan fingerprint density at radius 1 is 1.23 bits per heavy atom. The van der Waals surface area contributed by atoms with Crippen LogP contribution in [0.1, 0.15) is 20.3 Å². The predicted molar refractivity (Wildman–Crippen MR) is 56.9 cm³/mol. The molecule has 2 N–H and O–H groups in total. The quantitative estimate of drug-likeness (QED) is 0.777. The minimum Gasteiger partial charge on any atom is -0.491 e. The largest absolute Gasteiger partial charge is 0.491 e. The molecule has 0 aromatic heterocycles. The number of ether oxygens (including phenoxy) is 1. The van der Waals surface area contributed by atoms with Gasteiger partial charge in [0.25, 0.3) is 0 Å². The van der Waals surface area contributed by atoms with Gasteiger partial charge in [0, 0.05) is 0 Å². The SMILES string of the molecule is CCC(C)Oc1ccccc1.CN. The third-order valence-electron chi connectivity index (χ3n) is 1.66. The molecule has 2 heteroatoms. The number of hydrogen-bond acceptors (Lipinski definition) is 2. The van der Waals surface area contributed by atoms with Crippen LogP contribution in [0, 0.1) is 0 Å². The summed E-state index contributed by atoms with van der Waals surface area (Å²) >= 11 is 0. The Balaban J connectivity index is 0.000000671. The zero-order valence-corrected chi connectivity index (χ0v) is 8.66. The molecule has 0 aliphatic heterocycles. The van der Waals surface area contributed by atoms with E-state index < -0.39 is 0 Å². The van der Waals surface area contributed by atoms with Gasteiger partial charge in [0.1, 0.15) is 5.75 Å². The van der Waals surface area contributed by atoms with E-state index in [4.69, 9.17) is 4.74 Å². The van der Waals surface area contributed by atoms with Gasteiger partial charge in [-0.3, -0.25) is 0 Å². The van der Waals surface area contributed by atoms with E-state index in [1.165, 1.54) is 7.05 Å². The highest BCUT2D eigenvalue weighted by atomic mass is 16.5. The van der Waals surface area contributed by atoms with E-state index in [0.29, 0.717) is 6.10 Å². The average Bonchev–Trinajstić information content (AvgIpc) is 2.22. The molecule has 0 bridgehead atoms. The zero-order chi connectivity index (χ0) is 10.1. The van der Waals surface area contributed by atoms with Crippen LogP contribution in [0.25, 0.3) is 0 Å². The molecular weight excluding hydrogens is 162 g/mol. The van der Waals surface area contributed by atoms with Crippen LogP contribution in [0.15, 0.2) is 30.3 Å². The fourth-order valence-corrected chi connectivity index (χ4v) is 0.815. The fraction of sp³-hybridized carbons (Fsp3) is 0.455. The van der Waals surface area contributed by atoms with Gasteiger partial charge in [0.2, 0.25) is 0 Å². The molecule has 0 radical (unpaired) electrons. The summed E-state index contributed by atoms with van der Waals surface area (Å²) in [6.07, 6.45) is 1.37. The molecule has 74 valence electrons. The van der Waals surface area contributed by atoms with Crippen molar-refractivity contribution in [2.45, 2.75) is 26.4 Å². The van der Waals surface area contributed by atoms with Gasteiger partial charge in [-0.25, -0.2) is 0 Å². The van der Waals surface area contributed by atoms with Crippen LogP contribution in [0.4, 0.5) is 0 Å². The first kappa shape index (κ1) is 12.0. The highest BCUT2D eigenvalue weighted by molar-refractivity contribution is 5.21. The van der Waals surface area contributed by atoms with Gasteiger partial charge < -0.3 is 10.5 Å². The van der Waals surface area contributed by atoms with E-state index in [-0.39, 0.29) is 0 Å². The Kier molecular flexibility index (Phi) is 7.02. The Hall–Kier alpha value is -1.02. The molecule has 0 aliphatic rings. The lowest BCUT2D eigenvalue weighted by Gasteiger charge is -2.11. The van der Waals surface area contributed by atoms with Crippen LogP contribution < -0.4 is 10.5 Å². The molecule has 1 rings (SSSR count). The van der Waals surface area contributed by atoms with Crippen molar-refractivity contribution in [3.63, 3.8) is 0 Å². The molecule has 0 saturated heterocycles. The summed E-state index contributed by atoms with van der Waals surface area (Å²) in [6.45, 7) is 4.20. The summed E-state index contributed by atoms with van der Waals surface area (Å²) in [5.74, 6) is 0.960. The summed E-state index contributed by atoms with van der Waals surface area (Å²) in [5, 5.41) is 0. The lowest BCUT2D eigenvalue weighted by atomic mass is 10.3. The van der Waals surface area contributed by atoms with Gasteiger partial charge in [-0.1, -0.05) is 25.1 Å². The summed E-state index contributed by atoms with van der Waals surface area (Å²) in [5.41, 5.74) is 4.50. The van der Waals surface area contributed by atoms with Crippen molar-refractivity contribution < 1.29 is 4.74 Å². The molecule has 13 heavy (non-hydrogen) atoms. The van der Waals surface area contributed by atoms with E-state index in [2.05, 4.69) is 19.6 Å². The minimum absolute atomic E-state index is 0.317. The lowest BCUT2D eigenvalue weighted by molar-refractivity contribution is 0.217. The number of benzene rings is 1. The predicted octanol–water partition coefficient (Wildman–Crippen LogP) is 2.44. The van der Waals surface area contributed by atoms with Crippen molar-refractivity contribution in [3.05, 3.63) is 30.3 Å². The van der Waals surface area contributed by atoms with Crippen molar-refractivity contribution >= 4 is 0 Å². The van der Waals surface area contributed by atoms with Crippen LogP contribution in [0.3, 0.4) is 0 Å². The third kappa shape index (κ3) is 5.26. The van der Waals surface area contributed by atoms with Crippen LogP contribution in [0.5, 0.6) is 5.75 Å². The molecule has 0 aliphatic carbocycles. The smallest absolute Gasteiger partial charge is 0.119 e. The first-order valence-electron chi connectivity index (χ1n) is 4.62. The lowest BCUT2D eigenvalue weighted by Crippen LogP contribution is -2.09. The molecule has 0 heterocycles. The molecule has 0 spiro atoms. The van der Waals surface area contributed by atoms with Gasteiger partial charge in [-0.05, 0) is 32.5 Å². The van der Waals surface area contributed by atoms with Crippen molar-refractivity contribution in [1.82, 2.24) is 0 Å². The summed E-state index contributed by atoms with van der Waals surface area (Å²) in [4.78, 5) is 0. The molecule has 1 unspecified atom stereocenters. The second-order valence-corrected chi connectivity index (χ2v) is 2.65. The molecular formula is C11H19NO. The number of para-hydroxylation sites is 1. The van der Waals surface area contributed by atoms with Crippen molar-refractivity contribution in [2.75, 3.05) is 7.05 Å². The van der Waals surface area contributed by atoms with Crippen LogP contribution >= 0.6 is 0 Å². The highest BCUT2D eigenvalue weighted by Gasteiger charge is 1.97. The van der Waals surface area contributed by atoms with E-state index >= 15 is 0 Å². The molecule has 1 aromatic carbocycles. The Morgan fingerprint density at radius 3 is 2.23 bits per heavy atom. The topological polar surface area (TPSA) is 35.2 Å². The first-order chi connectivity index (χ1) is 6.33. The first-order valence-corrected chi connectivity index (χ1v) is 4.62. The maximum atomic E-state index is 5.56. The molecule has 0 saturated carbocycles. The number of rotatable bonds is 3. The standard InChI is InChI=1S/C10H14O.CH5N/c1-3-9(2)11-10-7-5-4-6-8-10;1-2/h4-9H,3H2,1-2H3;2H2,1H3. The fourth-order valence-electron chi connectivity index (χ4n) is 0.815. The van der Waals surface area contributed by atoms with Crippen LogP contribution in [0.2, 0.25) is 0 Å². The second-order valence-electron chi connectivity index (χ2n) is 2.65. The van der Waals surface area contributed by atoms with E-state index in [1.54, 1.807) is 0 Å². The van der Waals surface area contributed by atoms with Crippen LogP contribution in [-0.4, -0.2) is 13.2 Å². The second kappa shape index (κ2) is 7.62. The summed E-state index contributed by atoms with van der Waals surface area (Å²) in [6, 6.07) is 9.91. The molecule has 2 nitrogen and oxygen atoms in total. The van der Waals surface area contributed by atoms with Crippen molar-refractivity contribution in [3.8, 4) is 5.75 Å². The van der Waals surface area contributed by atoms with Gasteiger partial charge in [0.15, 0.2) is 0 Å². The molecule has 0 fully saturated rings. The highest BCUT2D eigenvalue weighted by Crippen LogP contribution is 2.11. The van der Waals surface area contributed by atoms with Gasteiger partial charge in [-0.2, -0.15) is 0 Å². The Labute approximate surface area is 80.7 Å². The van der Waals surface area contributed by atoms with Gasteiger partial charge in [-0.15, -0.1) is 0 Å². The zero-order valence-electron chi connectivity index (χ0n) is 8.66. The summed E-state index contributed by atoms with van der Waals surface area (Å²) in [7, 11) is 1.50. The number of hydrogen-bond donors (Lipinski definition) is 1. The summed E-state index contributed by atoms with van der Waals surface area (Å²) < 4.78 is 5.56. The maximum Gasteiger partial charge on any atom is 0.119 e. The van der Waals surface area contributed by atoms with E-state index in [0.717, 1.165) is 12.2 Å². The van der Waals surface area contributed by atoms with Gasteiger partial charge in [0.05, 0.1) is 6.10 Å². The third-order valence-corrected chi connectivity index (χ3v) is 1.66. The minimum atomic E-state index is 0.317. The Morgan fingerprint density at radius 2 is 1.77 bits per heavy atom. The number of nitrogens with two attached hydrogens (primary N) is 1. The van der Waals surface area contributed by atoms with E-state index in [1.807, 2.05) is 30.3 Å².